The van der Waals surface area contributed by atoms with Crippen molar-refractivity contribution in [2.75, 3.05) is 33.9 Å². The number of halogens is 1. The van der Waals surface area contributed by atoms with E-state index in [1.807, 2.05) is 24.3 Å². The summed E-state index contributed by atoms with van der Waals surface area (Å²) in [4.78, 5) is 2.53. The topological polar surface area (TPSA) is 33.7 Å². The molecule has 5 heteroatoms. The van der Waals surface area contributed by atoms with Crippen LogP contribution in [-0.4, -0.2) is 38.8 Å². The standard InChI is InChI=1S/C22H29FN2O2/c1-26-19-10-11-22(27-2)20(14-19)21(25-12-4-3-5-13-25)16-24-15-17-6-8-18(23)9-7-17/h6-11,14,21,24H,3-5,12-13,15-16H2,1-2H3. The maximum atomic E-state index is 13.1. The second-order valence-electron chi connectivity index (χ2n) is 6.98. The third kappa shape index (κ3) is 5.21. The number of methoxy groups -OCH3 is 2. The predicted molar refractivity (Wildman–Crippen MR) is 106 cm³/mol. The second kappa shape index (κ2) is 9.72. The molecule has 0 amide bonds. The predicted octanol–water partition coefficient (Wildman–Crippen LogP) is 4.16. The zero-order chi connectivity index (χ0) is 19.1. The summed E-state index contributed by atoms with van der Waals surface area (Å²) >= 11 is 0. The summed E-state index contributed by atoms with van der Waals surface area (Å²) < 4.78 is 24.2. The number of hydrogen-bond donors (Lipinski definition) is 1. The average Bonchev–Trinajstić information content (AvgIpc) is 2.73. The van der Waals surface area contributed by atoms with Gasteiger partial charge in [0.25, 0.3) is 0 Å². The molecule has 2 aromatic carbocycles. The van der Waals surface area contributed by atoms with Gasteiger partial charge in [-0.15, -0.1) is 0 Å². The molecule has 146 valence electrons. The Labute approximate surface area is 161 Å². The number of benzene rings is 2. The summed E-state index contributed by atoms with van der Waals surface area (Å²) in [5.41, 5.74) is 2.22. The Balaban J connectivity index is 1.77. The summed E-state index contributed by atoms with van der Waals surface area (Å²) in [5, 5.41) is 3.55. The van der Waals surface area contributed by atoms with Crippen LogP contribution in [0.25, 0.3) is 0 Å². The third-order valence-corrected chi connectivity index (χ3v) is 5.21. The van der Waals surface area contributed by atoms with Crippen molar-refractivity contribution in [3.8, 4) is 11.5 Å². The summed E-state index contributed by atoms with van der Waals surface area (Å²) in [7, 11) is 3.40. The fourth-order valence-corrected chi connectivity index (χ4v) is 3.72. The van der Waals surface area contributed by atoms with Gasteiger partial charge in [-0.3, -0.25) is 4.90 Å². The Hall–Kier alpha value is -2.11. The van der Waals surface area contributed by atoms with Gasteiger partial charge >= 0.3 is 0 Å². The molecule has 0 aromatic heterocycles. The fourth-order valence-electron chi connectivity index (χ4n) is 3.72. The molecule has 1 N–H and O–H groups in total. The molecule has 0 saturated carbocycles. The monoisotopic (exact) mass is 372 g/mol. The largest absolute Gasteiger partial charge is 0.497 e. The van der Waals surface area contributed by atoms with Gasteiger partial charge in [-0.25, -0.2) is 4.39 Å². The van der Waals surface area contributed by atoms with Gasteiger partial charge in [0.15, 0.2) is 0 Å². The molecule has 0 spiro atoms. The van der Waals surface area contributed by atoms with E-state index in [0.29, 0.717) is 6.54 Å². The van der Waals surface area contributed by atoms with Crippen molar-refractivity contribution in [3.63, 3.8) is 0 Å². The van der Waals surface area contributed by atoms with Crippen LogP contribution >= 0.6 is 0 Å². The minimum absolute atomic E-state index is 0.203. The van der Waals surface area contributed by atoms with Gasteiger partial charge in [-0.1, -0.05) is 18.6 Å². The molecule has 1 unspecified atom stereocenters. The molecule has 0 radical (unpaired) electrons. The lowest BCUT2D eigenvalue weighted by molar-refractivity contribution is 0.157. The summed E-state index contributed by atoms with van der Waals surface area (Å²) in [5.74, 6) is 1.52. The van der Waals surface area contributed by atoms with Crippen LogP contribution in [0.15, 0.2) is 42.5 Å². The second-order valence-corrected chi connectivity index (χ2v) is 6.98. The smallest absolute Gasteiger partial charge is 0.123 e. The number of piperidine rings is 1. The Bertz CT molecular complexity index is 715. The number of hydrogen-bond acceptors (Lipinski definition) is 4. The van der Waals surface area contributed by atoms with Crippen LogP contribution in [0.1, 0.15) is 36.4 Å². The van der Waals surface area contributed by atoms with Crippen LogP contribution in [0.2, 0.25) is 0 Å². The van der Waals surface area contributed by atoms with Gasteiger partial charge in [0, 0.05) is 18.7 Å². The molecule has 27 heavy (non-hydrogen) atoms. The quantitative estimate of drug-likeness (QED) is 0.754. The van der Waals surface area contributed by atoms with E-state index in [0.717, 1.165) is 42.3 Å². The van der Waals surface area contributed by atoms with E-state index in [1.54, 1.807) is 14.2 Å². The molecule has 1 aliphatic rings. The Morgan fingerprint density at radius 1 is 1.00 bits per heavy atom. The molecule has 1 heterocycles. The van der Waals surface area contributed by atoms with Gasteiger partial charge in [-0.2, -0.15) is 0 Å². The van der Waals surface area contributed by atoms with E-state index in [9.17, 15) is 4.39 Å². The van der Waals surface area contributed by atoms with Crippen LogP contribution in [0, 0.1) is 5.82 Å². The molecule has 0 aliphatic carbocycles. The maximum absolute atomic E-state index is 13.1. The number of rotatable bonds is 8. The van der Waals surface area contributed by atoms with Crippen molar-refractivity contribution in [2.24, 2.45) is 0 Å². The highest BCUT2D eigenvalue weighted by Crippen LogP contribution is 2.34. The Morgan fingerprint density at radius 3 is 2.41 bits per heavy atom. The lowest BCUT2D eigenvalue weighted by Crippen LogP contribution is -2.39. The lowest BCUT2D eigenvalue weighted by atomic mass is 10.00. The van der Waals surface area contributed by atoms with E-state index < -0.39 is 0 Å². The number of nitrogens with zero attached hydrogens (tertiary/aromatic N) is 1. The number of nitrogens with one attached hydrogen (secondary N) is 1. The van der Waals surface area contributed by atoms with Crippen LogP contribution in [0.4, 0.5) is 4.39 Å². The van der Waals surface area contributed by atoms with Gasteiger partial charge in [0.1, 0.15) is 17.3 Å². The lowest BCUT2D eigenvalue weighted by Gasteiger charge is -2.35. The molecular formula is C22H29FN2O2. The first-order chi connectivity index (χ1) is 13.2. The van der Waals surface area contributed by atoms with Crippen LogP contribution in [-0.2, 0) is 6.54 Å². The number of likely N-dealkylation sites (tertiary alicyclic amines) is 1. The molecule has 1 atom stereocenters. The molecule has 1 aliphatic heterocycles. The van der Waals surface area contributed by atoms with E-state index >= 15 is 0 Å². The van der Waals surface area contributed by atoms with E-state index in [-0.39, 0.29) is 11.9 Å². The highest BCUT2D eigenvalue weighted by Gasteiger charge is 2.25. The minimum atomic E-state index is -0.203. The van der Waals surface area contributed by atoms with Crippen LogP contribution in [0.5, 0.6) is 11.5 Å². The zero-order valence-electron chi connectivity index (χ0n) is 16.2. The third-order valence-electron chi connectivity index (χ3n) is 5.21. The van der Waals surface area contributed by atoms with Crippen molar-refractivity contribution in [3.05, 3.63) is 59.4 Å². The Morgan fingerprint density at radius 2 is 1.74 bits per heavy atom. The Kier molecular flexibility index (Phi) is 7.07. The number of ether oxygens (including phenoxy) is 2. The minimum Gasteiger partial charge on any atom is -0.497 e. The molecule has 1 saturated heterocycles. The van der Waals surface area contributed by atoms with E-state index in [4.69, 9.17) is 9.47 Å². The normalized spacial score (nSPS) is 16.1. The molecule has 1 fully saturated rings. The molecule has 3 rings (SSSR count). The average molecular weight is 372 g/mol. The molecule has 4 nitrogen and oxygen atoms in total. The molecule has 2 aromatic rings. The highest BCUT2D eigenvalue weighted by molar-refractivity contribution is 5.42. The first-order valence-corrected chi connectivity index (χ1v) is 9.62. The van der Waals surface area contributed by atoms with E-state index in [1.165, 1.54) is 31.4 Å². The summed E-state index contributed by atoms with van der Waals surface area (Å²) in [6.07, 6.45) is 3.74. The van der Waals surface area contributed by atoms with Crippen molar-refractivity contribution >= 4 is 0 Å². The fraction of sp³-hybridized carbons (Fsp3) is 0.455. The summed E-state index contributed by atoms with van der Waals surface area (Å²) in [6.45, 7) is 3.67. The van der Waals surface area contributed by atoms with Crippen molar-refractivity contribution in [1.82, 2.24) is 10.2 Å². The maximum Gasteiger partial charge on any atom is 0.123 e. The van der Waals surface area contributed by atoms with Crippen molar-refractivity contribution < 1.29 is 13.9 Å². The van der Waals surface area contributed by atoms with Crippen molar-refractivity contribution in [2.45, 2.75) is 31.8 Å². The van der Waals surface area contributed by atoms with Gasteiger partial charge < -0.3 is 14.8 Å². The first-order valence-electron chi connectivity index (χ1n) is 9.62. The van der Waals surface area contributed by atoms with Crippen LogP contribution in [0.3, 0.4) is 0 Å². The van der Waals surface area contributed by atoms with Gasteiger partial charge in [0.05, 0.1) is 20.3 Å². The zero-order valence-corrected chi connectivity index (χ0v) is 16.2. The SMILES string of the molecule is COc1ccc(OC)c(C(CNCc2ccc(F)cc2)N2CCCCC2)c1. The first kappa shape index (κ1) is 19.6. The highest BCUT2D eigenvalue weighted by atomic mass is 19.1. The van der Waals surface area contributed by atoms with Gasteiger partial charge in [-0.05, 0) is 61.8 Å². The van der Waals surface area contributed by atoms with Crippen molar-refractivity contribution in [1.29, 1.82) is 0 Å². The summed E-state index contributed by atoms with van der Waals surface area (Å²) in [6, 6.07) is 12.9. The van der Waals surface area contributed by atoms with Gasteiger partial charge in [0.2, 0.25) is 0 Å². The molecular weight excluding hydrogens is 343 g/mol. The molecule has 0 bridgehead atoms. The van der Waals surface area contributed by atoms with Crippen LogP contribution < -0.4 is 14.8 Å². The van der Waals surface area contributed by atoms with E-state index in [2.05, 4.69) is 16.3 Å².